The number of rotatable bonds is 3. The first-order valence-corrected chi connectivity index (χ1v) is 4.45. The lowest BCUT2D eigenvalue weighted by atomic mass is 10.0. The lowest BCUT2D eigenvalue weighted by molar-refractivity contribution is -0.209. The Labute approximate surface area is 85.5 Å². The lowest BCUT2D eigenvalue weighted by Crippen LogP contribution is -2.46. The second-order valence-corrected chi connectivity index (χ2v) is 3.34. The van der Waals surface area contributed by atoms with Crippen molar-refractivity contribution in [1.29, 1.82) is 0 Å². The number of alkyl halides is 3. The zero-order chi connectivity index (χ0) is 11.5. The number of aliphatic hydroxyl groups is 1. The van der Waals surface area contributed by atoms with E-state index >= 15 is 0 Å². The van der Waals surface area contributed by atoms with Crippen molar-refractivity contribution in [2.75, 3.05) is 0 Å². The van der Waals surface area contributed by atoms with Gasteiger partial charge in [0.05, 0.1) is 0 Å². The summed E-state index contributed by atoms with van der Waals surface area (Å²) in [5, 5.41) is 8.87. The van der Waals surface area contributed by atoms with E-state index in [4.69, 9.17) is 10.8 Å². The second kappa shape index (κ2) is 4.63. The van der Waals surface area contributed by atoms with Crippen molar-refractivity contribution in [1.82, 2.24) is 0 Å². The zero-order valence-corrected chi connectivity index (χ0v) is 7.91. The number of hydrogen-bond donors (Lipinski definition) is 2. The number of benzene rings is 1. The Hall–Kier alpha value is -1.07. The molecule has 0 aliphatic rings. The first kappa shape index (κ1) is 12.0. The third-order valence-corrected chi connectivity index (χ3v) is 2.06. The average Bonchev–Trinajstić information content (AvgIpc) is 2.16. The van der Waals surface area contributed by atoms with Crippen LogP contribution in [0.1, 0.15) is 5.56 Å². The van der Waals surface area contributed by atoms with E-state index in [1.165, 1.54) is 0 Å². The highest BCUT2D eigenvalue weighted by molar-refractivity contribution is 5.16. The van der Waals surface area contributed by atoms with Crippen molar-refractivity contribution in [3.63, 3.8) is 0 Å². The van der Waals surface area contributed by atoms with Crippen LogP contribution in [0.3, 0.4) is 0 Å². The van der Waals surface area contributed by atoms with Gasteiger partial charge >= 0.3 is 6.18 Å². The molecule has 0 amide bonds. The second-order valence-electron chi connectivity index (χ2n) is 3.34. The Morgan fingerprint density at radius 2 is 1.73 bits per heavy atom. The fourth-order valence-electron chi connectivity index (χ4n) is 1.24. The van der Waals surface area contributed by atoms with Crippen molar-refractivity contribution >= 4 is 0 Å². The van der Waals surface area contributed by atoms with Gasteiger partial charge in [-0.2, -0.15) is 13.2 Å². The maximum absolute atomic E-state index is 12.1. The largest absolute Gasteiger partial charge is 0.415 e. The van der Waals surface area contributed by atoms with Crippen molar-refractivity contribution in [2.45, 2.75) is 24.7 Å². The van der Waals surface area contributed by atoms with E-state index in [0.717, 1.165) is 0 Å². The summed E-state index contributed by atoms with van der Waals surface area (Å²) in [5.41, 5.74) is 5.94. The van der Waals surface area contributed by atoms with Gasteiger partial charge in [-0.25, -0.2) is 0 Å². The molecule has 0 radical (unpaired) electrons. The van der Waals surface area contributed by atoms with Gasteiger partial charge < -0.3 is 10.8 Å². The van der Waals surface area contributed by atoms with Crippen LogP contribution >= 0.6 is 0 Å². The quantitative estimate of drug-likeness (QED) is 0.808. The summed E-state index contributed by atoms with van der Waals surface area (Å²) >= 11 is 0. The Morgan fingerprint density at radius 3 is 2.20 bits per heavy atom. The topological polar surface area (TPSA) is 46.2 Å². The monoisotopic (exact) mass is 219 g/mol. The van der Waals surface area contributed by atoms with Crippen LogP contribution in [0.15, 0.2) is 30.3 Å². The van der Waals surface area contributed by atoms with Gasteiger partial charge in [0.1, 0.15) is 0 Å². The molecule has 2 atom stereocenters. The van der Waals surface area contributed by atoms with Gasteiger partial charge in [0.25, 0.3) is 0 Å². The van der Waals surface area contributed by atoms with Gasteiger partial charge in [-0.1, -0.05) is 30.3 Å². The van der Waals surface area contributed by atoms with Crippen molar-refractivity contribution in [2.24, 2.45) is 5.73 Å². The smallest absolute Gasteiger partial charge is 0.382 e. The van der Waals surface area contributed by atoms with Gasteiger partial charge in [0.2, 0.25) is 0 Å². The van der Waals surface area contributed by atoms with Gasteiger partial charge in [0.15, 0.2) is 6.10 Å². The normalized spacial score (nSPS) is 16.1. The zero-order valence-electron chi connectivity index (χ0n) is 7.91. The van der Waals surface area contributed by atoms with Crippen LogP contribution in [0.5, 0.6) is 0 Å². The Kier molecular flexibility index (Phi) is 3.71. The van der Waals surface area contributed by atoms with E-state index < -0.39 is 18.3 Å². The third kappa shape index (κ3) is 3.53. The minimum atomic E-state index is -4.66. The summed E-state index contributed by atoms with van der Waals surface area (Å²) in [5.74, 6) is 0. The van der Waals surface area contributed by atoms with Crippen LogP contribution in [-0.4, -0.2) is 23.4 Å². The molecule has 0 bridgehead atoms. The third-order valence-electron chi connectivity index (χ3n) is 2.06. The molecular formula is C10H12F3NO. The highest BCUT2D eigenvalue weighted by Gasteiger charge is 2.41. The number of nitrogens with two attached hydrogens (primary N) is 1. The molecule has 0 saturated heterocycles. The predicted molar refractivity (Wildman–Crippen MR) is 50.2 cm³/mol. The standard InChI is InChI=1S/C10H12F3NO/c11-10(12,13)9(15)8(14)6-7-4-2-1-3-5-7/h1-5,8-9,15H,6,14H2/t8-,9-/m1/s1. The van der Waals surface area contributed by atoms with Gasteiger partial charge in [-0.3, -0.25) is 0 Å². The number of hydrogen-bond acceptors (Lipinski definition) is 2. The van der Waals surface area contributed by atoms with E-state index in [1.54, 1.807) is 30.3 Å². The van der Waals surface area contributed by atoms with E-state index in [1.807, 2.05) is 0 Å². The van der Waals surface area contributed by atoms with Crippen molar-refractivity contribution < 1.29 is 18.3 Å². The Morgan fingerprint density at radius 1 is 1.20 bits per heavy atom. The molecule has 1 aromatic rings. The molecule has 0 spiro atoms. The molecule has 0 fully saturated rings. The average molecular weight is 219 g/mol. The molecule has 1 aromatic carbocycles. The van der Waals surface area contributed by atoms with Crippen LogP contribution in [0.25, 0.3) is 0 Å². The van der Waals surface area contributed by atoms with Crippen LogP contribution in [-0.2, 0) is 6.42 Å². The highest BCUT2D eigenvalue weighted by atomic mass is 19.4. The Bertz CT molecular complexity index is 299. The summed E-state index contributed by atoms with van der Waals surface area (Å²) < 4.78 is 36.2. The van der Waals surface area contributed by atoms with Gasteiger partial charge in [-0.15, -0.1) is 0 Å². The Balaban J connectivity index is 2.60. The van der Waals surface area contributed by atoms with Crippen LogP contribution in [0.4, 0.5) is 13.2 Å². The molecule has 0 heterocycles. The van der Waals surface area contributed by atoms with Crippen LogP contribution in [0.2, 0.25) is 0 Å². The molecule has 0 saturated carbocycles. The highest BCUT2D eigenvalue weighted by Crippen LogP contribution is 2.22. The first-order valence-electron chi connectivity index (χ1n) is 4.45. The SMILES string of the molecule is N[C@H](Cc1ccccc1)[C@@H](O)C(F)(F)F. The molecule has 84 valence electrons. The molecule has 0 aliphatic carbocycles. The van der Waals surface area contributed by atoms with Crippen LogP contribution < -0.4 is 5.73 Å². The fraction of sp³-hybridized carbons (Fsp3) is 0.400. The lowest BCUT2D eigenvalue weighted by Gasteiger charge is -2.21. The first-order chi connectivity index (χ1) is 6.91. The summed E-state index contributed by atoms with van der Waals surface area (Å²) in [4.78, 5) is 0. The summed E-state index contributed by atoms with van der Waals surface area (Å²) in [7, 11) is 0. The van der Waals surface area contributed by atoms with Crippen molar-refractivity contribution in [3.05, 3.63) is 35.9 Å². The molecule has 15 heavy (non-hydrogen) atoms. The maximum Gasteiger partial charge on any atom is 0.415 e. The van der Waals surface area contributed by atoms with E-state index in [-0.39, 0.29) is 6.42 Å². The summed E-state index contributed by atoms with van der Waals surface area (Å²) in [6.45, 7) is 0. The van der Waals surface area contributed by atoms with Crippen LogP contribution in [0, 0.1) is 0 Å². The minimum Gasteiger partial charge on any atom is -0.382 e. The molecule has 0 unspecified atom stereocenters. The molecule has 0 aromatic heterocycles. The summed E-state index contributed by atoms with van der Waals surface area (Å²) in [6, 6.07) is 7.19. The minimum absolute atomic E-state index is 0.00150. The number of halogens is 3. The molecule has 5 heteroatoms. The van der Waals surface area contributed by atoms with Crippen molar-refractivity contribution in [3.8, 4) is 0 Å². The molecule has 1 rings (SSSR count). The van der Waals surface area contributed by atoms with E-state index in [9.17, 15) is 13.2 Å². The van der Waals surface area contributed by atoms with E-state index in [2.05, 4.69) is 0 Å². The number of aliphatic hydroxyl groups excluding tert-OH is 1. The molecule has 0 aliphatic heterocycles. The molecular weight excluding hydrogens is 207 g/mol. The predicted octanol–water partition coefficient (Wildman–Crippen LogP) is 1.48. The van der Waals surface area contributed by atoms with E-state index in [0.29, 0.717) is 5.56 Å². The summed E-state index contributed by atoms with van der Waals surface area (Å²) in [6.07, 6.45) is -7.13. The molecule has 2 nitrogen and oxygen atoms in total. The van der Waals surface area contributed by atoms with Gasteiger partial charge in [-0.05, 0) is 12.0 Å². The van der Waals surface area contributed by atoms with Gasteiger partial charge in [0, 0.05) is 6.04 Å². The fourth-order valence-corrected chi connectivity index (χ4v) is 1.24. The molecule has 3 N–H and O–H groups in total. The maximum atomic E-state index is 12.1.